The number of aliphatic hydroxyl groups is 1. The van der Waals surface area contributed by atoms with E-state index >= 15 is 0 Å². The fourth-order valence-electron chi connectivity index (χ4n) is 2.48. The van der Waals surface area contributed by atoms with E-state index in [0.717, 1.165) is 19.3 Å². The van der Waals surface area contributed by atoms with Crippen molar-refractivity contribution in [2.24, 2.45) is 0 Å². The highest BCUT2D eigenvalue weighted by atomic mass is 32.2. The lowest BCUT2D eigenvalue weighted by Crippen LogP contribution is -2.44. The zero-order chi connectivity index (χ0) is 15.5. The summed E-state index contributed by atoms with van der Waals surface area (Å²) in [6, 6.07) is 4.98. The van der Waals surface area contributed by atoms with Crippen molar-refractivity contribution in [2.45, 2.75) is 42.6 Å². The summed E-state index contributed by atoms with van der Waals surface area (Å²) in [6.45, 7) is -0.0178. The van der Waals surface area contributed by atoms with Crippen molar-refractivity contribution in [3.05, 3.63) is 29.8 Å². The van der Waals surface area contributed by atoms with Crippen LogP contribution in [-0.4, -0.2) is 36.7 Å². The summed E-state index contributed by atoms with van der Waals surface area (Å²) in [7, 11) is -3.74. The van der Waals surface area contributed by atoms with Gasteiger partial charge in [-0.25, -0.2) is 17.9 Å². The zero-order valence-corrected chi connectivity index (χ0v) is 12.4. The number of carbonyl (C=O) groups is 1. The standard InChI is InChI=1S/C14H19NO5S/c16-13(17)11-4-6-12(7-5-11)21(19,20)15-10-14(18)8-2-1-3-9-14/h4-7,15,18H,1-3,8-10H2,(H,16,17). The number of carboxylic acid groups (broad SMARTS) is 1. The van der Waals surface area contributed by atoms with Gasteiger partial charge in [0.25, 0.3) is 0 Å². The molecule has 0 unspecified atom stereocenters. The summed E-state index contributed by atoms with van der Waals surface area (Å²) >= 11 is 0. The van der Waals surface area contributed by atoms with E-state index in [4.69, 9.17) is 5.11 Å². The summed E-state index contributed by atoms with van der Waals surface area (Å²) in [6.07, 6.45) is 4.03. The van der Waals surface area contributed by atoms with Crippen LogP contribution >= 0.6 is 0 Å². The van der Waals surface area contributed by atoms with Crippen LogP contribution in [0.15, 0.2) is 29.2 Å². The number of sulfonamides is 1. The Morgan fingerprint density at radius 3 is 2.24 bits per heavy atom. The Balaban J connectivity index is 2.05. The molecule has 2 rings (SSSR count). The molecule has 6 nitrogen and oxygen atoms in total. The maximum atomic E-state index is 12.1. The molecular weight excluding hydrogens is 294 g/mol. The second-order valence-electron chi connectivity index (χ2n) is 5.44. The highest BCUT2D eigenvalue weighted by Gasteiger charge is 2.30. The fourth-order valence-corrected chi connectivity index (χ4v) is 3.60. The number of benzene rings is 1. The third kappa shape index (κ3) is 4.03. The van der Waals surface area contributed by atoms with E-state index in [1.807, 2.05) is 0 Å². The number of rotatable bonds is 5. The molecule has 0 aromatic heterocycles. The molecule has 1 aliphatic carbocycles. The van der Waals surface area contributed by atoms with Gasteiger partial charge in [-0.05, 0) is 37.1 Å². The first-order valence-electron chi connectivity index (χ1n) is 6.88. The van der Waals surface area contributed by atoms with E-state index in [2.05, 4.69) is 4.72 Å². The SMILES string of the molecule is O=C(O)c1ccc(S(=O)(=O)NCC2(O)CCCCC2)cc1. The monoisotopic (exact) mass is 313 g/mol. The number of nitrogens with one attached hydrogen (secondary N) is 1. The number of hydrogen-bond acceptors (Lipinski definition) is 4. The molecule has 1 aromatic carbocycles. The quantitative estimate of drug-likeness (QED) is 0.761. The van der Waals surface area contributed by atoms with E-state index < -0.39 is 21.6 Å². The van der Waals surface area contributed by atoms with Crippen molar-refractivity contribution in [3.63, 3.8) is 0 Å². The Morgan fingerprint density at radius 2 is 1.71 bits per heavy atom. The van der Waals surface area contributed by atoms with E-state index in [1.54, 1.807) is 0 Å². The lowest BCUT2D eigenvalue weighted by atomic mass is 9.85. The number of aromatic carboxylic acids is 1. The molecule has 0 heterocycles. The van der Waals surface area contributed by atoms with Gasteiger partial charge in [0.2, 0.25) is 10.0 Å². The number of carboxylic acids is 1. The maximum absolute atomic E-state index is 12.1. The average molecular weight is 313 g/mol. The van der Waals surface area contributed by atoms with Gasteiger partial charge in [-0.15, -0.1) is 0 Å². The first-order valence-corrected chi connectivity index (χ1v) is 8.36. The maximum Gasteiger partial charge on any atom is 0.335 e. The smallest absolute Gasteiger partial charge is 0.335 e. The molecule has 1 aromatic rings. The van der Waals surface area contributed by atoms with E-state index in [-0.39, 0.29) is 17.0 Å². The molecule has 1 aliphatic rings. The van der Waals surface area contributed by atoms with Gasteiger partial charge in [-0.3, -0.25) is 0 Å². The van der Waals surface area contributed by atoms with Gasteiger partial charge >= 0.3 is 5.97 Å². The van der Waals surface area contributed by atoms with Gasteiger partial charge in [0.05, 0.1) is 16.1 Å². The van der Waals surface area contributed by atoms with Crippen LogP contribution in [0.1, 0.15) is 42.5 Å². The second kappa shape index (κ2) is 6.13. The van der Waals surface area contributed by atoms with Crippen LogP contribution in [0.3, 0.4) is 0 Å². The zero-order valence-electron chi connectivity index (χ0n) is 11.6. The minimum absolute atomic E-state index is 0.00749. The Morgan fingerprint density at radius 1 is 1.14 bits per heavy atom. The summed E-state index contributed by atoms with van der Waals surface area (Å²) in [5, 5.41) is 19.1. The van der Waals surface area contributed by atoms with Crippen LogP contribution in [0.5, 0.6) is 0 Å². The van der Waals surface area contributed by atoms with Crippen molar-refractivity contribution in [2.75, 3.05) is 6.54 Å². The van der Waals surface area contributed by atoms with Crippen molar-refractivity contribution >= 4 is 16.0 Å². The lowest BCUT2D eigenvalue weighted by molar-refractivity contribution is 0.00945. The van der Waals surface area contributed by atoms with Crippen LogP contribution in [-0.2, 0) is 10.0 Å². The van der Waals surface area contributed by atoms with Crippen molar-refractivity contribution in [1.29, 1.82) is 0 Å². The number of hydrogen-bond donors (Lipinski definition) is 3. The molecule has 1 fully saturated rings. The van der Waals surface area contributed by atoms with Crippen LogP contribution in [0.2, 0.25) is 0 Å². The highest BCUT2D eigenvalue weighted by molar-refractivity contribution is 7.89. The molecule has 116 valence electrons. The van der Waals surface area contributed by atoms with Crippen molar-refractivity contribution in [3.8, 4) is 0 Å². The topological polar surface area (TPSA) is 104 Å². The first-order chi connectivity index (χ1) is 9.82. The summed E-state index contributed by atoms with van der Waals surface area (Å²) in [5.74, 6) is -1.11. The van der Waals surface area contributed by atoms with Crippen molar-refractivity contribution in [1.82, 2.24) is 4.72 Å². The van der Waals surface area contributed by atoms with E-state index in [0.29, 0.717) is 12.8 Å². The Hall–Kier alpha value is -1.44. The Bertz CT molecular complexity index is 603. The lowest BCUT2D eigenvalue weighted by Gasteiger charge is -2.32. The molecule has 0 bridgehead atoms. The molecule has 0 spiro atoms. The summed E-state index contributed by atoms with van der Waals surface area (Å²) < 4.78 is 26.7. The molecule has 0 amide bonds. The molecule has 0 aliphatic heterocycles. The predicted molar refractivity (Wildman–Crippen MR) is 76.6 cm³/mol. The molecule has 0 atom stereocenters. The van der Waals surface area contributed by atoms with Gasteiger partial charge in [0.1, 0.15) is 0 Å². The third-order valence-electron chi connectivity index (χ3n) is 3.79. The predicted octanol–water partition coefficient (Wildman–Crippen LogP) is 1.36. The van der Waals surface area contributed by atoms with E-state index in [9.17, 15) is 18.3 Å². The van der Waals surface area contributed by atoms with Gasteiger partial charge in [-0.1, -0.05) is 19.3 Å². The Labute approximate surface area is 123 Å². The van der Waals surface area contributed by atoms with Gasteiger partial charge in [0.15, 0.2) is 0 Å². The van der Waals surface area contributed by atoms with Crippen LogP contribution in [0, 0.1) is 0 Å². The first kappa shape index (κ1) is 15.9. The molecule has 0 saturated heterocycles. The normalized spacial score (nSPS) is 18.3. The minimum atomic E-state index is -3.74. The second-order valence-corrected chi connectivity index (χ2v) is 7.21. The molecule has 0 radical (unpaired) electrons. The van der Waals surface area contributed by atoms with Gasteiger partial charge < -0.3 is 10.2 Å². The molecule has 3 N–H and O–H groups in total. The van der Waals surface area contributed by atoms with Crippen molar-refractivity contribution < 1.29 is 23.4 Å². The fraction of sp³-hybridized carbons (Fsp3) is 0.500. The van der Waals surface area contributed by atoms with E-state index in [1.165, 1.54) is 24.3 Å². The molecular formula is C14H19NO5S. The highest BCUT2D eigenvalue weighted by Crippen LogP contribution is 2.27. The molecule has 7 heteroatoms. The third-order valence-corrected chi connectivity index (χ3v) is 5.20. The minimum Gasteiger partial charge on any atom is -0.478 e. The van der Waals surface area contributed by atoms with Gasteiger partial charge in [0, 0.05) is 6.54 Å². The van der Waals surface area contributed by atoms with Crippen LogP contribution in [0.4, 0.5) is 0 Å². The summed E-state index contributed by atoms with van der Waals surface area (Å²) in [4.78, 5) is 10.7. The largest absolute Gasteiger partial charge is 0.478 e. The molecule has 21 heavy (non-hydrogen) atoms. The van der Waals surface area contributed by atoms with Gasteiger partial charge in [-0.2, -0.15) is 0 Å². The Kier molecular flexibility index (Phi) is 4.65. The van der Waals surface area contributed by atoms with Crippen LogP contribution < -0.4 is 4.72 Å². The average Bonchev–Trinajstić information content (AvgIpc) is 2.46. The van der Waals surface area contributed by atoms with Crippen LogP contribution in [0.25, 0.3) is 0 Å². The molecule has 1 saturated carbocycles. The summed E-state index contributed by atoms with van der Waals surface area (Å²) in [5.41, 5.74) is -0.952.